The fourth-order valence-electron chi connectivity index (χ4n) is 3.06. The molecule has 96 valence electrons. The van der Waals surface area contributed by atoms with Gasteiger partial charge in [0.2, 0.25) is 0 Å². The van der Waals surface area contributed by atoms with E-state index in [1.165, 1.54) is 5.56 Å². The predicted octanol–water partition coefficient (Wildman–Crippen LogP) is 2.12. The van der Waals surface area contributed by atoms with Gasteiger partial charge in [-0.1, -0.05) is 12.1 Å². The number of imidazole rings is 1. The molecule has 1 aliphatic heterocycles. The summed E-state index contributed by atoms with van der Waals surface area (Å²) < 4.78 is 1.89. The maximum absolute atomic E-state index is 12.2. The number of rotatable bonds is 0. The zero-order valence-corrected chi connectivity index (χ0v) is 11.2. The van der Waals surface area contributed by atoms with Crippen molar-refractivity contribution >= 4 is 11.0 Å². The first-order valence-electron chi connectivity index (χ1n) is 6.43. The maximum Gasteiger partial charge on any atom is 0.326 e. The molecular formula is C14H19N3O. The molecule has 0 aliphatic carbocycles. The molecule has 0 bridgehead atoms. The highest BCUT2D eigenvalue weighted by Gasteiger charge is 2.33. The van der Waals surface area contributed by atoms with E-state index in [1.54, 1.807) is 0 Å². The molecule has 0 spiro atoms. The lowest BCUT2D eigenvalue weighted by Gasteiger charge is -2.30. The molecule has 1 aromatic heterocycles. The van der Waals surface area contributed by atoms with Gasteiger partial charge in [-0.05, 0) is 39.3 Å². The first-order chi connectivity index (χ1) is 8.42. The van der Waals surface area contributed by atoms with E-state index in [1.807, 2.05) is 16.7 Å². The molecule has 2 atom stereocenters. The van der Waals surface area contributed by atoms with Gasteiger partial charge in [-0.25, -0.2) is 4.79 Å². The molecule has 0 saturated carbocycles. The first kappa shape index (κ1) is 11.5. The Kier molecular flexibility index (Phi) is 2.23. The van der Waals surface area contributed by atoms with E-state index in [0.717, 1.165) is 11.0 Å². The summed E-state index contributed by atoms with van der Waals surface area (Å²) in [5, 5.41) is 3.61. The van der Waals surface area contributed by atoms with Crippen molar-refractivity contribution in [1.82, 2.24) is 14.9 Å². The van der Waals surface area contributed by atoms with Gasteiger partial charge in [0.25, 0.3) is 0 Å². The maximum atomic E-state index is 12.2. The van der Waals surface area contributed by atoms with E-state index >= 15 is 0 Å². The molecule has 2 N–H and O–H groups in total. The molecule has 0 fully saturated rings. The number of para-hydroxylation sites is 1. The Morgan fingerprint density at radius 2 is 2.00 bits per heavy atom. The van der Waals surface area contributed by atoms with Gasteiger partial charge in [-0.15, -0.1) is 0 Å². The molecule has 1 aliphatic rings. The van der Waals surface area contributed by atoms with E-state index in [2.05, 4.69) is 44.1 Å². The van der Waals surface area contributed by atoms with Crippen molar-refractivity contribution in [2.24, 2.45) is 0 Å². The molecule has 2 aromatic rings. The van der Waals surface area contributed by atoms with Gasteiger partial charge in [-0.2, -0.15) is 0 Å². The number of aromatic amines is 1. The van der Waals surface area contributed by atoms with E-state index in [0.29, 0.717) is 0 Å². The van der Waals surface area contributed by atoms with Crippen LogP contribution >= 0.6 is 0 Å². The average molecular weight is 245 g/mol. The van der Waals surface area contributed by atoms with Gasteiger partial charge in [0.15, 0.2) is 0 Å². The highest BCUT2D eigenvalue weighted by Crippen LogP contribution is 2.33. The smallest absolute Gasteiger partial charge is 0.306 e. The van der Waals surface area contributed by atoms with Crippen LogP contribution in [0.15, 0.2) is 23.0 Å². The second-order valence-corrected chi connectivity index (χ2v) is 5.80. The highest BCUT2D eigenvalue weighted by molar-refractivity contribution is 5.80. The molecule has 4 heteroatoms. The highest BCUT2D eigenvalue weighted by atomic mass is 16.1. The molecule has 0 saturated heterocycles. The van der Waals surface area contributed by atoms with Crippen LogP contribution in [0.3, 0.4) is 0 Å². The van der Waals surface area contributed by atoms with E-state index in [9.17, 15) is 4.79 Å². The Balaban J connectivity index is 2.48. The minimum Gasteiger partial charge on any atom is -0.306 e. The third-order valence-corrected chi connectivity index (χ3v) is 4.13. The number of aromatic nitrogens is 2. The number of nitrogens with one attached hydrogen (secondary N) is 2. The summed E-state index contributed by atoms with van der Waals surface area (Å²) in [5.74, 6) is 0. The van der Waals surface area contributed by atoms with E-state index in [-0.39, 0.29) is 23.3 Å². The lowest BCUT2D eigenvalue weighted by molar-refractivity contribution is 0.308. The van der Waals surface area contributed by atoms with Gasteiger partial charge in [0, 0.05) is 11.6 Å². The van der Waals surface area contributed by atoms with Gasteiger partial charge < -0.3 is 10.3 Å². The molecule has 3 rings (SSSR count). The lowest BCUT2D eigenvalue weighted by atomic mass is 9.92. The van der Waals surface area contributed by atoms with Crippen molar-refractivity contribution in [3.63, 3.8) is 0 Å². The van der Waals surface area contributed by atoms with E-state index in [4.69, 9.17) is 0 Å². The van der Waals surface area contributed by atoms with Crippen LogP contribution in [-0.2, 0) is 5.54 Å². The SMILES string of the molecule is CC1NC(C)(C)c2cccc3[nH]c(=O)n(c23)C1C. The summed E-state index contributed by atoms with van der Waals surface area (Å²) in [6.07, 6.45) is 0. The van der Waals surface area contributed by atoms with Crippen molar-refractivity contribution < 1.29 is 0 Å². The quantitative estimate of drug-likeness (QED) is 0.747. The average Bonchev–Trinajstić information content (AvgIpc) is 2.58. The lowest BCUT2D eigenvalue weighted by Crippen LogP contribution is -2.44. The Bertz CT molecular complexity index is 665. The number of H-pyrrole nitrogens is 1. The van der Waals surface area contributed by atoms with Crippen molar-refractivity contribution in [3.8, 4) is 0 Å². The Morgan fingerprint density at radius 1 is 1.28 bits per heavy atom. The van der Waals surface area contributed by atoms with Gasteiger partial charge in [0.1, 0.15) is 0 Å². The number of hydrogen-bond acceptors (Lipinski definition) is 2. The Labute approximate surface area is 106 Å². The van der Waals surface area contributed by atoms with Crippen LogP contribution in [0, 0.1) is 0 Å². The molecular weight excluding hydrogens is 226 g/mol. The van der Waals surface area contributed by atoms with Gasteiger partial charge >= 0.3 is 5.69 Å². The summed E-state index contributed by atoms with van der Waals surface area (Å²) in [6, 6.07) is 6.44. The van der Waals surface area contributed by atoms with E-state index < -0.39 is 0 Å². The van der Waals surface area contributed by atoms with Crippen LogP contribution in [0.4, 0.5) is 0 Å². The number of nitrogens with zero attached hydrogens (tertiary/aromatic N) is 1. The zero-order valence-electron chi connectivity index (χ0n) is 11.2. The molecule has 4 nitrogen and oxygen atoms in total. The summed E-state index contributed by atoms with van der Waals surface area (Å²) in [6.45, 7) is 8.55. The standard InChI is InChI=1S/C14H19N3O/c1-8-9(2)17-12-10(14(3,4)16-8)6-5-7-11(12)15-13(17)18/h5-9,16H,1-4H3,(H,15,18). The third kappa shape index (κ3) is 1.38. The fourth-order valence-corrected chi connectivity index (χ4v) is 3.06. The molecule has 2 unspecified atom stereocenters. The number of hydrogen-bond donors (Lipinski definition) is 2. The second-order valence-electron chi connectivity index (χ2n) is 5.80. The molecule has 0 amide bonds. The van der Waals surface area contributed by atoms with Crippen LogP contribution < -0.4 is 11.0 Å². The minimum absolute atomic E-state index is 0.0173. The van der Waals surface area contributed by atoms with Crippen LogP contribution in [0.1, 0.15) is 39.3 Å². The van der Waals surface area contributed by atoms with Crippen LogP contribution in [-0.4, -0.2) is 15.6 Å². The number of benzene rings is 1. The van der Waals surface area contributed by atoms with Gasteiger partial charge in [-0.3, -0.25) is 4.57 Å². The topological polar surface area (TPSA) is 49.8 Å². The van der Waals surface area contributed by atoms with Crippen molar-refractivity contribution in [1.29, 1.82) is 0 Å². The Hall–Kier alpha value is -1.55. The van der Waals surface area contributed by atoms with Crippen LogP contribution in [0.5, 0.6) is 0 Å². The summed E-state index contributed by atoms with van der Waals surface area (Å²) >= 11 is 0. The second kappa shape index (κ2) is 3.48. The van der Waals surface area contributed by atoms with Crippen molar-refractivity contribution in [3.05, 3.63) is 34.2 Å². The molecule has 18 heavy (non-hydrogen) atoms. The Morgan fingerprint density at radius 3 is 2.72 bits per heavy atom. The summed E-state index contributed by atoms with van der Waals surface area (Å²) in [5.41, 5.74) is 2.98. The first-order valence-corrected chi connectivity index (χ1v) is 6.43. The zero-order chi connectivity index (χ0) is 13.1. The molecule has 2 heterocycles. The molecule has 1 aromatic carbocycles. The van der Waals surface area contributed by atoms with Crippen molar-refractivity contribution in [2.75, 3.05) is 0 Å². The van der Waals surface area contributed by atoms with Gasteiger partial charge in [0.05, 0.1) is 17.1 Å². The normalized spacial score (nSPS) is 26.2. The van der Waals surface area contributed by atoms with Crippen molar-refractivity contribution in [2.45, 2.75) is 45.3 Å². The summed E-state index contributed by atoms with van der Waals surface area (Å²) in [7, 11) is 0. The van der Waals surface area contributed by atoms with Crippen LogP contribution in [0.25, 0.3) is 11.0 Å². The van der Waals surface area contributed by atoms with Crippen LogP contribution in [0.2, 0.25) is 0 Å². The largest absolute Gasteiger partial charge is 0.326 e. The monoisotopic (exact) mass is 245 g/mol. The summed E-state index contributed by atoms with van der Waals surface area (Å²) in [4.78, 5) is 15.1. The predicted molar refractivity (Wildman–Crippen MR) is 72.9 cm³/mol. The minimum atomic E-state index is -0.139. The fraction of sp³-hybridized carbons (Fsp3) is 0.500. The molecule has 0 radical (unpaired) electrons. The third-order valence-electron chi connectivity index (χ3n) is 4.13.